The van der Waals surface area contributed by atoms with Crippen LogP contribution in [-0.4, -0.2) is 16.1 Å². The van der Waals surface area contributed by atoms with Gasteiger partial charge in [0, 0.05) is 23.8 Å². The van der Waals surface area contributed by atoms with Crippen LogP contribution in [0.3, 0.4) is 0 Å². The Balaban J connectivity index is 2.01. The Morgan fingerprint density at radius 3 is 2.89 bits per heavy atom. The summed E-state index contributed by atoms with van der Waals surface area (Å²) in [5.74, 6) is 0. The van der Waals surface area contributed by atoms with E-state index in [4.69, 9.17) is 0 Å². The molecule has 0 saturated carbocycles. The highest BCUT2D eigenvalue weighted by Crippen LogP contribution is 2.14. The van der Waals surface area contributed by atoms with Crippen LogP contribution < -0.4 is 5.32 Å². The first-order valence-corrected chi connectivity index (χ1v) is 7.35. The van der Waals surface area contributed by atoms with E-state index in [1.54, 1.807) is 11.3 Å². The highest BCUT2D eigenvalue weighted by molar-refractivity contribution is 7.09. The molecular weight excluding hydrogens is 242 g/mol. The molecule has 2 aromatic heterocycles. The molecule has 0 atom stereocenters. The minimum absolute atomic E-state index is 0.879. The molecule has 0 saturated heterocycles. The minimum atomic E-state index is 0.879. The van der Waals surface area contributed by atoms with Crippen LogP contribution in [0.1, 0.15) is 35.3 Å². The first kappa shape index (κ1) is 13.3. The van der Waals surface area contributed by atoms with Gasteiger partial charge < -0.3 is 9.88 Å². The predicted molar refractivity (Wildman–Crippen MR) is 77.1 cm³/mol. The summed E-state index contributed by atoms with van der Waals surface area (Å²) in [6.07, 6.45) is 3.34. The molecule has 4 heteroatoms. The monoisotopic (exact) mass is 263 g/mol. The molecule has 0 radical (unpaired) electrons. The quantitative estimate of drug-likeness (QED) is 0.812. The first-order valence-electron chi connectivity index (χ1n) is 6.47. The lowest BCUT2D eigenvalue weighted by molar-refractivity contribution is 0.667. The van der Waals surface area contributed by atoms with E-state index < -0.39 is 0 Å². The van der Waals surface area contributed by atoms with Crippen LogP contribution in [0.5, 0.6) is 0 Å². The van der Waals surface area contributed by atoms with E-state index in [0.29, 0.717) is 0 Å². The minimum Gasteiger partial charge on any atom is -0.345 e. The van der Waals surface area contributed by atoms with Gasteiger partial charge in [-0.3, -0.25) is 0 Å². The maximum absolute atomic E-state index is 4.51. The Labute approximate surface area is 113 Å². The van der Waals surface area contributed by atoms with Gasteiger partial charge in [0.2, 0.25) is 0 Å². The zero-order valence-corrected chi connectivity index (χ0v) is 12.2. The van der Waals surface area contributed by atoms with E-state index >= 15 is 0 Å². The summed E-state index contributed by atoms with van der Waals surface area (Å²) in [5, 5.41) is 6.73. The first-order chi connectivity index (χ1) is 8.70. The lowest BCUT2D eigenvalue weighted by atomic mass is 10.2. The van der Waals surface area contributed by atoms with Crippen molar-refractivity contribution in [1.82, 2.24) is 14.9 Å². The van der Waals surface area contributed by atoms with Crippen LogP contribution in [-0.2, 0) is 13.1 Å². The van der Waals surface area contributed by atoms with E-state index in [0.717, 1.165) is 30.3 Å². The summed E-state index contributed by atoms with van der Waals surface area (Å²) in [4.78, 5) is 4.51. The molecule has 0 amide bonds. The van der Waals surface area contributed by atoms with Gasteiger partial charge in [-0.1, -0.05) is 6.92 Å². The third kappa shape index (κ3) is 3.21. The summed E-state index contributed by atoms with van der Waals surface area (Å²) < 4.78 is 2.28. The number of thiazole rings is 1. The fraction of sp³-hybridized carbons (Fsp3) is 0.500. The molecule has 1 N–H and O–H groups in total. The van der Waals surface area contributed by atoms with E-state index in [1.165, 1.54) is 17.7 Å². The van der Waals surface area contributed by atoms with E-state index in [9.17, 15) is 0 Å². The highest BCUT2D eigenvalue weighted by Gasteiger charge is 2.06. The molecule has 0 fully saturated rings. The molecule has 2 heterocycles. The zero-order valence-electron chi connectivity index (χ0n) is 11.4. The second-order valence-corrected chi connectivity index (χ2v) is 5.65. The largest absolute Gasteiger partial charge is 0.345 e. The summed E-state index contributed by atoms with van der Waals surface area (Å²) in [7, 11) is 0. The van der Waals surface area contributed by atoms with Gasteiger partial charge in [0.05, 0.1) is 17.2 Å². The Hall–Kier alpha value is -1.13. The second-order valence-electron chi connectivity index (χ2n) is 4.59. The van der Waals surface area contributed by atoms with Crippen LogP contribution in [0.4, 0.5) is 0 Å². The molecule has 0 aliphatic carbocycles. The van der Waals surface area contributed by atoms with E-state index in [2.05, 4.69) is 53.3 Å². The molecule has 2 rings (SSSR count). The molecule has 18 heavy (non-hydrogen) atoms. The zero-order chi connectivity index (χ0) is 13.0. The summed E-state index contributed by atoms with van der Waals surface area (Å²) >= 11 is 1.72. The summed E-state index contributed by atoms with van der Waals surface area (Å²) in [6, 6.07) is 2.21. The summed E-state index contributed by atoms with van der Waals surface area (Å²) in [5.41, 5.74) is 3.88. The molecule has 0 aromatic carbocycles. The SMILES string of the molecule is CCCNCc1ccn(Cc2csc(C)n2)c1C. The average molecular weight is 263 g/mol. The molecule has 3 nitrogen and oxygen atoms in total. The van der Waals surface area contributed by atoms with Gasteiger partial charge in [0.1, 0.15) is 0 Å². The van der Waals surface area contributed by atoms with E-state index in [-0.39, 0.29) is 0 Å². The van der Waals surface area contributed by atoms with Crippen molar-refractivity contribution in [2.45, 2.75) is 40.3 Å². The van der Waals surface area contributed by atoms with Crippen LogP contribution in [0.15, 0.2) is 17.6 Å². The van der Waals surface area contributed by atoms with Gasteiger partial charge in [-0.05, 0) is 38.4 Å². The molecule has 0 aliphatic heterocycles. The van der Waals surface area contributed by atoms with Crippen molar-refractivity contribution in [1.29, 1.82) is 0 Å². The van der Waals surface area contributed by atoms with Gasteiger partial charge in [0.25, 0.3) is 0 Å². The maximum Gasteiger partial charge on any atom is 0.0898 e. The topological polar surface area (TPSA) is 29.9 Å². The van der Waals surface area contributed by atoms with Crippen molar-refractivity contribution in [2.75, 3.05) is 6.54 Å². The number of hydrogen-bond acceptors (Lipinski definition) is 3. The van der Waals surface area contributed by atoms with E-state index in [1.807, 2.05) is 0 Å². The van der Waals surface area contributed by atoms with Crippen LogP contribution in [0.2, 0.25) is 0 Å². The normalized spacial score (nSPS) is 11.1. The average Bonchev–Trinajstić information content (AvgIpc) is 2.90. The number of rotatable bonds is 6. The number of nitrogens with one attached hydrogen (secondary N) is 1. The van der Waals surface area contributed by atoms with Crippen molar-refractivity contribution < 1.29 is 0 Å². The highest BCUT2D eigenvalue weighted by atomic mass is 32.1. The Morgan fingerprint density at radius 1 is 1.39 bits per heavy atom. The van der Waals surface area contributed by atoms with Crippen molar-refractivity contribution in [3.8, 4) is 0 Å². The fourth-order valence-corrected chi connectivity index (χ4v) is 2.61. The third-order valence-corrected chi connectivity index (χ3v) is 3.91. The number of nitrogens with zero attached hydrogens (tertiary/aromatic N) is 2. The molecular formula is C14H21N3S. The smallest absolute Gasteiger partial charge is 0.0898 e. The van der Waals surface area contributed by atoms with Gasteiger partial charge in [-0.2, -0.15) is 0 Å². The lowest BCUT2D eigenvalue weighted by Gasteiger charge is -2.06. The van der Waals surface area contributed by atoms with Gasteiger partial charge in [0.15, 0.2) is 0 Å². The van der Waals surface area contributed by atoms with Gasteiger partial charge in [-0.25, -0.2) is 4.98 Å². The predicted octanol–water partition coefficient (Wildman–Crippen LogP) is 3.11. The number of hydrogen-bond donors (Lipinski definition) is 1. The number of aromatic nitrogens is 2. The van der Waals surface area contributed by atoms with Crippen molar-refractivity contribution in [2.24, 2.45) is 0 Å². The molecule has 0 aliphatic rings. The van der Waals surface area contributed by atoms with Crippen LogP contribution >= 0.6 is 11.3 Å². The van der Waals surface area contributed by atoms with Gasteiger partial charge >= 0.3 is 0 Å². The molecule has 0 spiro atoms. The van der Waals surface area contributed by atoms with Crippen molar-refractivity contribution in [3.63, 3.8) is 0 Å². The standard InChI is InChI=1S/C14H21N3S/c1-4-6-15-8-13-5-7-17(11(13)2)9-14-10-18-12(3)16-14/h5,7,10,15H,4,6,8-9H2,1-3H3. The Morgan fingerprint density at radius 2 is 2.22 bits per heavy atom. The fourth-order valence-electron chi connectivity index (χ4n) is 2.01. The second kappa shape index (κ2) is 6.16. The summed E-state index contributed by atoms with van der Waals surface area (Å²) in [6.45, 7) is 9.34. The lowest BCUT2D eigenvalue weighted by Crippen LogP contribution is -2.14. The van der Waals surface area contributed by atoms with Crippen molar-refractivity contribution in [3.05, 3.63) is 39.6 Å². The molecule has 2 aromatic rings. The molecule has 0 unspecified atom stereocenters. The maximum atomic E-state index is 4.51. The number of aryl methyl sites for hydroxylation is 1. The third-order valence-electron chi connectivity index (χ3n) is 3.09. The molecule has 98 valence electrons. The van der Waals surface area contributed by atoms with Crippen LogP contribution in [0.25, 0.3) is 0 Å². The van der Waals surface area contributed by atoms with Crippen LogP contribution in [0, 0.1) is 13.8 Å². The Kier molecular flexibility index (Phi) is 4.55. The Bertz CT molecular complexity index is 499. The van der Waals surface area contributed by atoms with Crippen molar-refractivity contribution >= 4 is 11.3 Å². The van der Waals surface area contributed by atoms with Gasteiger partial charge in [-0.15, -0.1) is 11.3 Å². The molecule has 0 bridgehead atoms.